The molecule has 1 aliphatic rings. The summed E-state index contributed by atoms with van der Waals surface area (Å²) in [6, 6.07) is -0.397. The van der Waals surface area contributed by atoms with Gasteiger partial charge in [-0.2, -0.15) is 13.2 Å². The van der Waals surface area contributed by atoms with Crippen LogP contribution in [-0.4, -0.2) is 53.7 Å². The average Bonchev–Trinajstić information content (AvgIpc) is 2.24. The Hall–Kier alpha value is -1.31. The van der Waals surface area contributed by atoms with Crippen LogP contribution >= 0.6 is 0 Å². The number of nitrogens with zero attached hydrogens (tertiary/aromatic N) is 1. The van der Waals surface area contributed by atoms with E-state index in [2.05, 4.69) is 5.32 Å². The highest BCUT2D eigenvalue weighted by molar-refractivity contribution is 5.82. The van der Waals surface area contributed by atoms with E-state index >= 15 is 0 Å². The molecule has 0 spiro atoms. The maximum atomic E-state index is 12.2. The second-order valence-corrected chi connectivity index (χ2v) is 3.86. The van der Waals surface area contributed by atoms with E-state index in [9.17, 15) is 22.8 Å². The van der Waals surface area contributed by atoms with E-state index in [4.69, 9.17) is 5.11 Å². The Balaban J connectivity index is 2.49. The number of amides is 1. The summed E-state index contributed by atoms with van der Waals surface area (Å²) in [5, 5.41) is 11.0. The lowest BCUT2D eigenvalue weighted by atomic mass is 10.1. The molecule has 0 aromatic rings. The highest BCUT2D eigenvalue weighted by Gasteiger charge is 2.43. The van der Waals surface area contributed by atoms with Crippen LogP contribution in [0.5, 0.6) is 0 Å². The fourth-order valence-electron chi connectivity index (χ4n) is 1.74. The molecule has 1 aliphatic heterocycles. The first-order valence-corrected chi connectivity index (χ1v) is 5.12. The van der Waals surface area contributed by atoms with Gasteiger partial charge in [0, 0.05) is 19.1 Å². The Labute approximate surface area is 95.6 Å². The third-order valence-electron chi connectivity index (χ3n) is 2.49. The molecule has 0 aliphatic carbocycles. The number of carbonyl (C=O) groups excluding carboxylic acids is 1. The molecule has 98 valence electrons. The molecule has 1 atom stereocenters. The number of carbonyl (C=O) groups is 2. The van der Waals surface area contributed by atoms with Crippen molar-refractivity contribution in [3.63, 3.8) is 0 Å². The Kier molecular flexibility index (Phi) is 4.33. The van der Waals surface area contributed by atoms with Gasteiger partial charge in [-0.3, -0.25) is 9.59 Å². The SMILES string of the molecule is O=C(O)CNC1CCCN(C(=O)C(F)(F)F)C1. The van der Waals surface area contributed by atoms with E-state index in [1.54, 1.807) is 0 Å². The average molecular weight is 254 g/mol. The van der Waals surface area contributed by atoms with Crippen molar-refractivity contribution in [1.82, 2.24) is 10.2 Å². The van der Waals surface area contributed by atoms with Crippen LogP contribution in [0.3, 0.4) is 0 Å². The molecule has 1 rings (SSSR count). The van der Waals surface area contributed by atoms with E-state index in [0.717, 1.165) is 0 Å². The number of halogens is 3. The van der Waals surface area contributed by atoms with Gasteiger partial charge in [0.2, 0.25) is 0 Å². The summed E-state index contributed by atoms with van der Waals surface area (Å²) in [6.07, 6.45) is -3.87. The van der Waals surface area contributed by atoms with Crippen LogP contribution in [0.15, 0.2) is 0 Å². The van der Waals surface area contributed by atoms with Gasteiger partial charge in [-0.25, -0.2) is 0 Å². The van der Waals surface area contributed by atoms with E-state index < -0.39 is 24.1 Å². The van der Waals surface area contributed by atoms with Crippen molar-refractivity contribution in [3.05, 3.63) is 0 Å². The smallest absolute Gasteiger partial charge is 0.471 e. The molecule has 1 unspecified atom stereocenters. The number of piperidine rings is 1. The molecule has 1 amide bonds. The van der Waals surface area contributed by atoms with Gasteiger partial charge < -0.3 is 15.3 Å². The first-order valence-electron chi connectivity index (χ1n) is 5.12. The minimum atomic E-state index is -4.87. The minimum absolute atomic E-state index is 0.0591. The number of carboxylic acid groups (broad SMARTS) is 1. The standard InChI is InChI=1S/C9H13F3N2O3/c10-9(11,12)8(17)14-3-1-2-6(5-14)13-4-7(15)16/h6,13H,1-5H2,(H,15,16). The molecule has 0 aromatic carbocycles. The Morgan fingerprint density at radius 1 is 1.41 bits per heavy atom. The van der Waals surface area contributed by atoms with Crippen molar-refractivity contribution in [1.29, 1.82) is 0 Å². The first-order chi connectivity index (χ1) is 7.80. The quantitative estimate of drug-likeness (QED) is 0.755. The minimum Gasteiger partial charge on any atom is -0.480 e. The lowest BCUT2D eigenvalue weighted by Crippen LogP contribution is -2.52. The van der Waals surface area contributed by atoms with Gasteiger partial charge in [-0.05, 0) is 12.8 Å². The zero-order chi connectivity index (χ0) is 13.1. The molecule has 0 aromatic heterocycles. The molecule has 1 saturated heterocycles. The fourth-order valence-corrected chi connectivity index (χ4v) is 1.74. The van der Waals surface area contributed by atoms with Crippen molar-refractivity contribution >= 4 is 11.9 Å². The summed E-state index contributed by atoms with van der Waals surface area (Å²) in [5.74, 6) is -2.94. The van der Waals surface area contributed by atoms with E-state index in [0.29, 0.717) is 17.7 Å². The van der Waals surface area contributed by atoms with Gasteiger partial charge in [0.1, 0.15) is 0 Å². The third-order valence-corrected chi connectivity index (χ3v) is 2.49. The Bertz CT molecular complexity index is 306. The van der Waals surface area contributed by atoms with Gasteiger partial charge in [-0.1, -0.05) is 0 Å². The number of alkyl halides is 3. The summed E-state index contributed by atoms with van der Waals surface area (Å²) in [6.45, 7) is -0.367. The maximum absolute atomic E-state index is 12.2. The molecule has 17 heavy (non-hydrogen) atoms. The summed E-state index contributed by atoms with van der Waals surface area (Å²) >= 11 is 0. The highest BCUT2D eigenvalue weighted by atomic mass is 19.4. The number of nitrogens with one attached hydrogen (secondary N) is 1. The molecule has 0 saturated carbocycles. The van der Waals surface area contributed by atoms with Crippen molar-refractivity contribution in [2.75, 3.05) is 19.6 Å². The molecule has 1 fully saturated rings. The number of likely N-dealkylation sites (tertiary alicyclic amines) is 1. The zero-order valence-corrected chi connectivity index (χ0v) is 8.96. The summed E-state index contributed by atoms with van der Waals surface area (Å²) in [7, 11) is 0. The maximum Gasteiger partial charge on any atom is 0.471 e. The van der Waals surface area contributed by atoms with Crippen molar-refractivity contribution < 1.29 is 27.9 Å². The lowest BCUT2D eigenvalue weighted by Gasteiger charge is -2.33. The summed E-state index contributed by atoms with van der Waals surface area (Å²) in [5.41, 5.74) is 0. The van der Waals surface area contributed by atoms with Gasteiger partial charge >= 0.3 is 18.1 Å². The number of hydrogen-bond acceptors (Lipinski definition) is 3. The highest BCUT2D eigenvalue weighted by Crippen LogP contribution is 2.21. The predicted octanol–water partition coefficient (Wildman–Crippen LogP) is 0.214. The van der Waals surface area contributed by atoms with Crippen molar-refractivity contribution in [2.24, 2.45) is 0 Å². The van der Waals surface area contributed by atoms with Crippen LogP contribution in [-0.2, 0) is 9.59 Å². The number of hydrogen-bond donors (Lipinski definition) is 2. The monoisotopic (exact) mass is 254 g/mol. The van der Waals surface area contributed by atoms with E-state index in [1.807, 2.05) is 0 Å². The second-order valence-electron chi connectivity index (χ2n) is 3.86. The van der Waals surface area contributed by atoms with Crippen molar-refractivity contribution in [3.8, 4) is 0 Å². The van der Waals surface area contributed by atoms with Crippen LogP contribution < -0.4 is 5.32 Å². The summed E-state index contributed by atoms with van der Waals surface area (Å²) < 4.78 is 36.5. The van der Waals surface area contributed by atoms with Crippen LogP contribution in [0.4, 0.5) is 13.2 Å². The van der Waals surface area contributed by atoms with Gasteiger partial charge in [0.05, 0.1) is 6.54 Å². The van der Waals surface area contributed by atoms with Crippen LogP contribution in [0.25, 0.3) is 0 Å². The van der Waals surface area contributed by atoms with Gasteiger partial charge in [0.25, 0.3) is 0 Å². The van der Waals surface area contributed by atoms with E-state index in [1.165, 1.54) is 0 Å². The van der Waals surface area contributed by atoms with Crippen molar-refractivity contribution in [2.45, 2.75) is 25.1 Å². The molecular weight excluding hydrogens is 241 g/mol. The molecule has 0 radical (unpaired) electrons. The zero-order valence-electron chi connectivity index (χ0n) is 8.96. The third kappa shape index (κ3) is 4.22. The fraction of sp³-hybridized carbons (Fsp3) is 0.778. The molecular formula is C9H13F3N2O3. The molecule has 5 nitrogen and oxygen atoms in total. The predicted molar refractivity (Wildman–Crippen MR) is 51.3 cm³/mol. The Morgan fingerprint density at radius 3 is 2.59 bits per heavy atom. The molecule has 0 bridgehead atoms. The van der Waals surface area contributed by atoms with Gasteiger partial charge in [-0.15, -0.1) is 0 Å². The van der Waals surface area contributed by atoms with Crippen LogP contribution in [0.2, 0.25) is 0 Å². The number of aliphatic carboxylic acids is 1. The summed E-state index contributed by atoms with van der Waals surface area (Å²) in [4.78, 5) is 22.0. The lowest BCUT2D eigenvalue weighted by molar-refractivity contribution is -0.186. The second kappa shape index (κ2) is 5.35. The molecule has 8 heteroatoms. The molecule has 1 heterocycles. The number of rotatable bonds is 3. The number of carboxylic acids is 1. The molecule has 2 N–H and O–H groups in total. The van der Waals surface area contributed by atoms with E-state index in [-0.39, 0.29) is 19.6 Å². The topological polar surface area (TPSA) is 69.6 Å². The van der Waals surface area contributed by atoms with Crippen LogP contribution in [0.1, 0.15) is 12.8 Å². The largest absolute Gasteiger partial charge is 0.480 e. The Morgan fingerprint density at radius 2 is 2.06 bits per heavy atom. The van der Waals surface area contributed by atoms with Gasteiger partial charge in [0.15, 0.2) is 0 Å². The normalized spacial score (nSPS) is 21.4. The first kappa shape index (κ1) is 13.8. The van der Waals surface area contributed by atoms with Crippen LogP contribution in [0, 0.1) is 0 Å².